The summed E-state index contributed by atoms with van der Waals surface area (Å²) in [5.74, 6) is 0.217. The van der Waals surface area contributed by atoms with Crippen molar-refractivity contribution in [1.82, 2.24) is 10.2 Å². The van der Waals surface area contributed by atoms with Crippen LogP contribution in [-0.2, 0) is 9.47 Å². The fourth-order valence-corrected chi connectivity index (χ4v) is 2.36. The minimum atomic E-state index is -0.876. The van der Waals surface area contributed by atoms with Crippen molar-refractivity contribution in [3.05, 3.63) is 0 Å². The van der Waals surface area contributed by atoms with Gasteiger partial charge in [0.2, 0.25) is 6.41 Å². The third-order valence-corrected chi connectivity index (χ3v) is 3.21. The monoisotopic (exact) mass is 258 g/mol. The highest BCUT2D eigenvalue weighted by Gasteiger charge is 2.37. The summed E-state index contributed by atoms with van der Waals surface area (Å²) in [5, 5.41) is 12.3. The largest absolute Gasteiger partial charge is 0.444 e. The van der Waals surface area contributed by atoms with Crippen LogP contribution in [0.2, 0.25) is 0 Å². The predicted octanol–water partition coefficient (Wildman–Crippen LogP) is 0.508. The van der Waals surface area contributed by atoms with Gasteiger partial charge < -0.3 is 19.5 Å². The van der Waals surface area contributed by atoms with Crippen LogP contribution >= 0.6 is 0 Å². The van der Waals surface area contributed by atoms with Gasteiger partial charge in [0.05, 0.1) is 6.61 Å². The van der Waals surface area contributed by atoms with Crippen molar-refractivity contribution in [2.75, 3.05) is 19.7 Å². The molecule has 0 aromatic rings. The first-order valence-corrected chi connectivity index (χ1v) is 6.39. The van der Waals surface area contributed by atoms with Crippen molar-refractivity contribution >= 4 is 6.09 Å². The van der Waals surface area contributed by atoms with Gasteiger partial charge in [-0.1, -0.05) is 0 Å². The number of carbonyl (C=O) groups is 1. The highest BCUT2D eigenvalue weighted by atomic mass is 16.6. The maximum atomic E-state index is 11.9. The molecule has 0 aromatic heterocycles. The molecule has 0 aliphatic carbocycles. The maximum Gasteiger partial charge on any atom is 0.410 e. The molecule has 2 fully saturated rings. The lowest BCUT2D eigenvalue weighted by molar-refractivity contribution is -0.176. The van der Waals surface area contributed by atoms with Gasteiger partial charge in [-0.05, 0) is 27.2 Å². The number of nitrogens with zero attached hydrogens (tertiary/aromatic N) is 1. The molecule has 0 radical (unpaired) electrons. The molecule has 3 unspecified atom stereocenters. The summed E-state index contributed by atoms with van der Waals surface area (Å²) in [6.45, 7) is 7.31. The Bertz CT molecular complexity index is 316. The first-order chi connectivity index (χ1) is 8.35. The van der Waals surface area contributed by atoms with Crippen LogP contribution in [0.4, 0.5) is 4.79 Å². The summed E-state index contributed by atoms with van der Waals surface area (Å²) < 4.78 is 10.5. The van der Waals surface area contributed by atoms with Gasteiger partial charge in [0, 0.05) is 25.0 Å². The SMILES string of the molecule is CC(C)(C)OC(=O)N1CCC2NC(O)OCC2C1. The summed E-state index contributed by atoms with van der Waals surface area (Å²) in [7, 11) is 0. The van der Waals surface area contributed by atoms with Gasteiger partial charge >= 0.3 is 6.09 Å². The molecule has 18 heavy (non-hydrogen) atoms. The van der Waals surface area contributed by atoms with Crippen molar-refractivity contribution < 1.29 is 19.4 Å². The van der Waals surface area contributed by atoms with Gasteiger partial charge in [0.25, 0.3) is 0 Å². The molecule has 0 saturated carbocycles. The molecule has 2 N–H and O–H groups in total. The Hall–Kier alpha value is -0.850. The van der Waals surface area contributed by atoms with E-state index in [-0.39, 0.29) is 18.1 Å². The molecule has 6 nitrogen and oxygen atoms in total. The average molecular weight is 258 g/mol. The van der Waals surface area contributed by atoms with Crippen LogP contribution in [0, 0.1) is 5.92 Å². The summed E-state index contributed by atoms with van der Waals surface area (Å²) in [4.78, 5) is 13.7. The van der Waals surface area contributed by atoms with Crippen LogP contribution < -0.4 is 5.32 Å². The van der Waals surface area contributed by atoms with E-state index in [2.05, 4.69) is 5.32 Å². The molecule has 3 atom stereocenters. The molecule has 0 bridgehead atoms. The number of aliphatic hydroxyl groups excluding tert-OH is 1. The van der Waals surface area contributed by atoms with E-state index in [4.69, 9.17) is 9.47 Å². The lowest BCUT2D eigenvalue weighted by Gasteiger charge is -2.42. The minimum Gasteiger partial charge on any atom is -0.444 e. The Morgan fingerprint density at radius 1 is 1.50 bits per heavy atom. The minimum absolute atomic E-state index is 0.215. The van der Waals surface area contributed by atoms with Gasteiger partial charge in [-0.3, -0.25) is 5.32 Å². The van der Waals surface area contributed by atoms with Crippen molar-refractivity contribution in [2.24, 2.45) is 5.92 Å². The summed E-state index contributed by atoms with van der Waals surface area (Å²) in [6.07, 6.45) is -0.337. The standard InChI is InChI=1S/C12H22N2O4/c1-12(2,3)18-11(16)14-5-4-9-8(6-14)7-17-10(15)13-9/h8-10,13,15H,4-7H2,1-3H3. The van der Waals surface area contributed by atoms with Gasteiger partial charge in [-0.2, -0.15) is 0 Å². The van der Waals surface area contributed by atoms with Gasteiger partial charge in [-0.25, -0.2) is 4.79 Å². The van der Waals surface area contributed by atoms with Crippen LogP contribution in [0.3, 0.4) is 0 Å². The third kappa shape index (κ3) is 3.34. The summed E-state index contributed by atoms with van der Waals surface area (Å²) >= 11 is 0. The smallest absolute Gasteiger partial charge is 0.410 e. The molecule has 0 spiro atoms. The molecule has 2 rings (SSSR count). The molecule has 2 heterocycles. The number of carbonyl (C=O) groups excluding carboxylic acids is 1. The van der Waals surface area contributed by atoms with E-state index in [0.717, 1.165) is 6.42 Å². The van der Waals surface area contributed by atoms with E-state index in [1.54, 1.807) is 4.90 Å². The molecule has 0 aromatic carbocycles. The Labute approximate surface area is 107 Å². The zero-order chi connectivity index (χ0) is 13.3. The fourth-order valence-electron chi connectivity index (χ4n) is 2.36. The molecule has 104 valence electrons. The summed E-state index contributed by atoms with van der Waals surface area (Å²) in [6, 6.07) is 0.215. The van der Waals surface area contributed by atoms with Gasteiger partial charge in [0.15, 0.2) is 0 Å². The fraction of sp³-hybridized carbons (Fsp3) is 0.917. The molecule has 2 aliphatic rings. The molecular formula is C12H22N2O4. The molecule has 2 aliphatic heterocycles. The van der Waals surface area contributed by atoms with E-state index in [9.17, 15) is 9.90 Å². The lowest BCUT2D eigenvalue weighted by atomic mass is 9.92. The molecule has 1 amide bonds. The summed E-state index contributed by atoms with van der Waals surface area (Å²) in [5.41, 5.74) is -0.467. The second kappa shape index (κ2) is 5.03. The van der Waals surface area contributed by atoms with Crippen LogP contribution in [0.15, 0.2) is 0 Å². The van der Waals surface area contributed by atoms with Crippen molar-refractivity contribution in [3.8, 4) is 0 Å². The highest BCUT2D eigenvalue weighted by Crippen LogP contribution is 2.23. The Morgan fingerprint density at radius 3 is 2.89 bits per heavy atom. The van der Waals surface area contributed by atoms with E-state index < -0.39 is 12.0 Å². The van der Waals surface area contributed by atoms with Crippen LogP contribution in [0.25, 0.3) is 0 Å². The predicted molar refractivity (Wildman–Crippen MR) is 64.8 cm³/mol. The number of ether oxygens (including phenoxy) is 2. The molecule has 2 saturated heterocycles. The van der Waals surface area contributed by atoms with Crippen molar-refractivity contribution in [3.63, 3.8) is 0 Å². The van der Waals surface area contributed by atoms with E-state index >= 15 is 0 Å². The number of hydrogen-bond donors (Lipinski definition) is 2. The van der Waals surface area contributed by atoms with E-state index in [0.29, 0.717) is 19.7 Å². The third-order valence-electron chi connectivity index (χ3n) is 3.21. The van der Waals surface area contributed by atoms with Crippen molar-refractivity contribution in [1.29, 1.82) is 0 Å². The van der Waals surface area contributed by atoms with Crippen LogP contribution in [-0.4, -0.2) is 53.9 Å². The Morgan fingerprint density at radius 2 is 2.22 bits per heavy atom. The van der Waals surface area contributed by atoms with Crippen molar-refractivity contribution in [2.45, 2.75) is 45.2 Å². The van der Waals surface area contributed by atoms with E-state index in [1.165, 1.54) is 0 Å². The zero-order valence-corrected chi connectivity index (χ0v) is 11.2. The van der Waals surface area contributed by atoms with Crippen LogP contribution in [0.1, 0.15) is 27.2 Å². The zero-order valence-electron chi connectivity index (χ0n) is 11.2. The van der Waals surface area contributed by atoms with Gasteiger partial charge in [-0.15, -0.1) is 0 Å². The Balaban J connectivity index is 1.89. The second-order valence-electron chi connectivity index (χ2n) is 5.93. The highest BCUT2D eigenvalue weighted by molar-refractivity contribution is 5.68. The lowest BCUT2D eigenvalue weighted by Crippen LogP contribution is -2.59. The first kappa shape index (κ1) is 13.6. The normalized spacial score (nSPS) is 32.9. The first-order valence-electron chi connectivity index (χ1n) is 6.39. The number of nitrogens with one attached hydrogen (secondary N) is 1. The average Bonchev–Trinajstić information content (AvgIpc) is 2.26. The number of hydrogen-bond acceptors (Lipinski definition) is 5. The molecule has 6 heteroatoms. The number of aliphatic hydroxyl groups is 1. The van der Waals surface area contributed by atoms with Crippen LogP contribution in [0.5, 0.6) is 0 Å². The topological polar surface area (TPSA) is 71.0 Å². The Kier molecular flexibility index (Phi) is 3.79. The number of amides is 1. The quantitative estimate of drug-likeness (QED) is 0.662. The number of likely N-dealkylation sites (tertiary alicyclic amines) is 1. The number of rotatable bonds is 0. The number of fused-ring (bicyclic) bond motifs is 1. The number of piperidine rings is 1. The maximum absolute atomic E-state index is 11.9. The molecular weight excluding hydrogens is 236 g/mol. The van der Waals surface area contributed by atoms with Gasteiger partial charge in [0.1, 0.15) is 5.60 Å². The van der Waals surface area contributed by atoms with E-state index in [1.807, 2.05) is 20.8 Å². The second-order valence-corrected chi connectivity index (χ2v) is 5.93.